The van der Waals surface area contributed by atoms with Crippen LogP contribution in [0.2, 0.25) is 0 Å². The Morgan fingerprint density at radius 2 is 0.859 bits per heavy atom. The van der Waals surface area contributed by atoms with E-state index >= 15 is 0 Å². The van der Waals surface area contributed by atoms with Crippen molar-refractivity contribution in [3.63, 3.8) is 0 Å². The summed E-state index contributed by atoms with van der Waals surface area (Å²) < 4.78 is 4.42. The van der Waals surface area contributed by atoms with Gasteiger partial charge in [0.2, 0.25) is 0 Å². The summed E-state index contributed by atoms with van der Waals surface area (Å²) in [6, 6.07) is 64.2. The fraction of sp³-hybridized carbons (Fsp3) is 0. The van der Waals surface area contributed by atoms with Crippen molar-refractivity contribution >= 4 is 55.0 Å². The molecule has 0 amide bonds. The largest absolute Gasteiger partial charge is 0.309 e. The van der Waals surface area contributed by atoms with Gasteiger partial charge in [0.1, 0.15) is 0 Å². The quantitative estimate of drug-likeness (QED) is 0.156. The Bertz CT molecular complexity index is 3690. The van der Waals surface area contributed by atoms with Gasteiger partial charge in [-0.15, -0.1) is 0 Å². The van der Waals surface area contributed by atoms with Gasteiger partial charge in [0, 0.05) is 38.6 Å². The van der Waals surface area contributed by atoms with Crippen molar-refractivity contribution < 1.29 is 0 Å². The SMILES string of the molecule is [C-]#[N+]c1ccc2c(c1)c1cc([N+]#[C-])ccc1n2-c1cc(-c2nc(-c3ccccc3)cc(-c3ccccc3)n2)ccc1-c1ccccc1-n1c2ccc(C#N)cc2c2cc(C#N)ccc21. The third-order valence-corrected chi connectivity index (χ3v) is 11.8. The van der Waals surface area contributed by atoms with Crippen molar-refractivity contribution in [3.8, 4) is 68.5 Å². The number of rotatable bonds is 6. The van der Waals surface area contributed by atoms with E-state index in [1.54, 1.807) is 0 Å². The molecule has 8 nitrogen and oxygen atoms in total. The zero-order valence-electron chi connectivity index (χ0n) is 33.9. The lowest BCUT2D eigenvalue weighted by atomic mass is 9.98. The lowest BCUT2D eigenvalue weighted by Gasteiger charge is -2.20. The van der Waals surface area contributed by atoms with Crippen LogP contribution in [0, 0.1) is 35.8 Å². The maximum atomic E-state index is 9.92. The minimum absolute atomic E-state index is 0.504. The van der Waals surface area contributed by atoms with Crippen molar-refractivity contribution in [2.45, 2.75) is 0 Å². The van der Waals surface area contributed by atoms with Crippen LogP contribution in [-0.2, 0) is 0 Å². The van der Waals surface area contributed by atoms with Gasteiger partial charge in [-0.05, 0) is 89.6 Å². The van der Waals surface area contributed by atoms with Gasteiger partial charge in [0.05, 0.1) is 81.2 Å². The molecule has 0 atom stereocenters. The number of hydrogen-bond acceptors (Lipinski definition) is 4. The third kappa shape index (κ3) is 6.12. The molecule has 8 heteroatoms. The first-order valence-corrected chi connectivity index (χ1v) is 20.5. The summed E-state index contributed by atoms with van der Waals surface area (Å²) in [5, 5.41) is 23.3. The van der Waals surface area contributed by atoms with E-state index in [1.165, 1.54) is 0 Å². The molecule has 3 heterocycles. The van der Waals surface area contributed by atoms with Crippen LogP contribution in [0.4, 0.5) is 11.4 Å². The summed E-state index contributed by atoms with van der Waals surface area (Å²) in [5.74, 6) is 0.552. The Morgan fingerprint density at radius 3 is 1.38 bits per heavy atom. The molecule has 0 spiro atoms. The molecule has 0 N–H and O–H groups in total. The fourth-order valence-corrected chi connectivity index (χ4v) is 8.89. The molecule has 0 saturated heterocycles. The van der Waals surface area contributed by atoms with Gasteiger partial charge in [0.25, 0.3) is 0 Å². The van der Waals surface area contributed by atoms with E-state index in [4.69, 9.17) is 23.1 Å². The number of benzene rings is 8. The van der Waals surface area contributed by atoms with E-state index in [-0.39, 0.29) is 0 Å². The lowest BCUT2D eigenvalue weighted by molar-refractivity contribution is 1.15. The molecule has 3 aromatic heterocycles. The molecular weight excluding hydrogens is 785 g/mol. The smallest absolute Gasteiger partial charge is 0.188 e. The van der Waals surface area contributed by atoms with Crippen LogP contribution >= 0.6 is 0 Å². The average molecular weight is 815 g/mol. The molecule has 0 bridgehead atoms. The molecule has 0 aliphatic rings. The van der Waals surface area contributed by atoms with Crippen molar-refractivity contribution in [1.29, 1.82) is 10.5 Å². The topological polar surface area (TPSA) is 91.9 Å². The molecule has 0 saturated carbocycles. The van der Waals surface area contributed by atoms with Crippen LogP contribution in [0.3, 0.4) is 0 Å². The van der Waals surface area contributed by atoms with E-state index in [2.05, 4.69) is 85.6 Å². The van der Waals surface area contributed by atoms with E-state index < -0.39 is 0 Å². The molecule has 0 aliphatic heterocycles. The molecule has 294 valence electrons. The minimum Gasteiger partial charge on any atom is -0.309 e. The molecule has 11 rings (SSSR count). The Labute approximate surface area is 367 Å². The standard InChI is InChI=1S/C56H30N8/c1-59-40-20-25-53-46(30-40)47-31-41(60-2)21-26-54(47)64(53)55-29-39(56-61-48(37-11-5-3-6-12-37)32-49(62-56)38-13-7-4-8-14-38)19-22-43(55)42-15-9-10-16-50(42)63-51-23-17-35(33-57)27-44(51)45-28-36(34-58)18-24-52(45)63/h3-32H. The normalized spacial score (nSPS) is 11.1. The average Bonchev–Trinajstić information content (AvgIpc) is 3.87. The number of para-hydroxylation sites is 1. The summed E-state index contributed by atoms with van der Waals surface area (Å²) >= 11 is 0. The Hall–Kier alpha value is -9.60. The van der Waals surface area contributed by atoms with E-state index in [1.807, 2.05) is 127 Å². The summed E-state index contributed by atoms with van der Waals surface area (Å²) in [6.45, 7) is 15.8. The monoisotopic (exact) mass is 814 g/mol. The van der Waals surface area contributed by atoms with Gasteiger partial charge >= 0.3 is 0 Å². The van der Waals surface area contributed by atoms with Crippen molar-refractivity contribution in [3.05, 3.63) is 216 Å². The van der Waals surface area contributed by atoms with Gasteiger partial charge in [-0.2, -0.15) is 10.5 Å². The lowest BCUT2D eigenvalue weighted by Crippen LogP contribution is -2.03. The van der Waals surface area contributed by atoms with E-state index in [9.17, 15) is 10.5 Å². The van der Waals surface area contributed by atoms with Crippen LogP contribution < -0.4 is 0 Å². The second-order valence-corrected chi connectivity index (χ2v) is 15.4. The zero-order valence-corrected chi connectivity index (χ0v) is 33.9. The molecule has 0 aliphatic carbocycles. The van der Waals surface area contributed by atoms with Crippen molar-refractivity contribution in [1.82, 2.24) is 19.1 Å². The van der Waals surface area contributed by atoms with Crippen LogP contribution in [0.25, 0.3) is 110 Å². The minimum atomic E-state index is 0.504. The van der Waals surface area contributed by atoms with E-state index in [0.29, 0.717) is 28.3 Å². The fourth-order valence-electron chi connectivity index (χ4n) is 8.89. The molecule has 64 heavy (non-hydrogen) atoms. The molecule has 11 aromatic rings. The summed E-state index contributed by atoms with van der Waals surface area (Å²) in [4.78, 5) is 18.0. The van der Waals surface area contributed by atoms with Gasteiger partial charge in [-0.3, -0.25) is 0 Å². The highest BCUT2D eigenvalue weighted by Crippen LogP contribution is 2.43. The first-order chi connectivity index (χ1) is 31.5. The van der Waals surface area contributed by atoms with Crippen molar-refractivity contribution in [2.75, 3.05) is 0 Å². The second kappa shape index (κ2) is 15.1. The van der Waals surface area contributed by atoms with Crippen molar-refractivity contribution in [2.24, 2.45) is 0 Å². The molecule has 0 fully saturated rings. The highest BCUT2D eigenvalue weighted by atomic mass is 15.0. The molecule has 8 aromatic carbocycles. The van der Waals surface area contributed by atoms with Crippen LogP contribution in [0.1, 0.15) is 11.1 Å². The number of aromatic nitrogens is 4. The van der Waals surface area contributed by atoms with Crippen LogP contribution in [-0.4, -0.2) is 19.1 Å². The Kier molecular flexibility index (Phi) is 8.85. The van der Waals surface area contributed by atoms with E-state index in [0.717, 1.165) is 94.2 Å². The van der Waals surface area contributed by atoms with Crippen LogP contribution in [0.15, 0.2) is 182 Å². The predicted octanol–water partition coefficient (Wildman–Crippen LogP) is 14.2. The number of nitriles is 2. The first-order valence-electron chi connectivity index (χ1n) is 20.5. The number of hydrogen-bond donors (Lipinski definition) is 0. The third-order valence-electron chi connectivity index (χ3n) is 11.8. The molecular formula is C56H30N8. The second-order valence-electron chi connectivity index (χ2n) is 15.4. The molecule has 0 unspecified atom stereocenters. The summed E-state index contributed by atoms with van der Waals surface area (Å²) in [5.41, 5.74) is 13.5. The number of nitrogens with zero attached hydrogens (tertiary/aromatic N) is 8. The van der Waals surface area contributed by atoms with Crippen LogP contribution in [0.5, 0.6) is 0 Å². The summed E-state index contributed by atoms with van der Waals surface area (Å²) in [7, 11) is 0. The highest BCUT2D eigenvalue weighted by molar-refractivity contribution is 6.13. The highest BCUT2D eigenvalue weighted by Gasteiger charge is 2.23. The first kappa shape index (κ1) is 37.4. The predicted molar refractivity (Wildman–Crippen MR) is 254 cm³/mol. The zero-order chi connectivity index (χ0) is 43.3. The van der Waals surface area contributed by atoms with Gasteiger partial charge in [0.15, 0.2) is 17.2 Å². The number of fused-ring (bicyclic) bond motifs is 6. The maximum Gasteiger partial charge on any atom is 0.188 e. The van der Waals surface area contributed by atoms with Gasteiger partial charge < -0.3 is 9.13 Å². The Balaban J connectivity index is 1.23. The maximum absolute atomic E-state index is 9.92. The Morgan fingerprint density at radius 1 is 0.406 bits per heavy atom. The molecule has 0 radical (unpaired) electrons. The van der Waals surface area contributed by atoms with Gasteiger partial charge in [-0.1, -0.05) is 103 Å². The van der Waals surface area contributed by atoms with Gasteiger partial charge in [-0.25, -0.2) is 19.7 Å². The summed E-state index contributed by atoms with van der Waals surface area (Å²) in [6.07, 6.45) is 0.